The molecule has 15 heavy (non-hydrogen) atoms. The molecule has 1 saturated heterocycles. The Morgan fingerprint density at radius 1 is 1.53 bits per heavy atom. The normalized spacial score (nSPS) is 30.3. The van der Waals surface area contributed by atoms with E-state index < -0.39 is 5.60 Å². The van der Waals surface area contributed by atoms with Crippen LogP contribution in [0.3, 0.4) is 0 Å². The molecule has 1 aliphatic heterocycles. The highest BCUT2D eigenvalue weighted by molar-refractivity contribution is 7.99. The lowest BCUT2D eigenvalue weighted by Gasteiger charge is -2.45. The van der Waals surface area contributed by atoms with Crippen molar-refractivity contribution >= 4 is 23.1 Å². The van der Waals surface area contributed by atoms with E-state index in [-0.39, 0.29) is 5.41 Å². The monoisotopic (exact) mass is 243 g/mol. The molecule has 84 valence electrons. The van der Waals surface area contributed by atoms with E-state index in [2.05, 4.69) is 18.8 Å². The molecule has 0 saturated carbocycles. The van der Waals surface area contributed by atoms with Crippen LogP contribution in [0.1, 0.15) is 25.3 Å². The summed E-state index contributed by atoms with van der Waals surface area (Å²) in [5.74, 6) is 1.99. The molecule has 1 aromatic rings. The van der Waals surface area contributed by atoms with E-state index in [1.54, 1.807) is 11.3 Å². The van der Waals surface area contributed by atoms with Gasteiger partial charge in [-0.2, -0.15) is 11.8 Å². The molecular formula is C11H17NOS2. The molecule has 2 heterocycles. The van der Waals surface area contributed by atoms with Crippen LogP contribution >= 0.6 is 23.1 Å². The molecule has 1 unspecified atom stereocenters. The SMILES string of the molecule is CC1(C)CCSCC1(O)Cc1nccs1. The zero-order valence-electron chi connectivity index (χ0n) is 9.19. The van der Waals surface area contributed by atoms with Gasteiger partial charge in [0.2, 0.25) is 0 Å². The Labute approximate surface area is 99.1 Å². The number of hydrogen-bond donors (Lipinski definition) is 1. The van der Waals surface area contributed by atoms with Gasteiger partial charge in [0.25, 0.3) is 0 Å². The van der Waals surface area contributed by atoms with Crippen molar-refractivity contribution in [1.82, 2.24) is 4.98 Å². The summed E-state index contributed by atoms with van der Waals surface area (Å²) < 4.78 is 0. The van der Waals surface area contributed by atoms with Crippen molar-refractivity contribution in [3.63, 3.8) is 0 Å². The van der Waals surface area contributed by atoms with Crippen molar-refractivity contribution in [3.8, 4) is 0 Å². The second kappa shape index (κ2) is 4.07. The summed E-state index contributed by atoms with van der Waals surface area (Å²) in [6, 6.07) is 0. The Morgan fingerprint density at radius 2 is 2.33 bits per heavy atom. The molecule has 2 rings (SSSR count). The average molecular weight is 243 g/mol. The summed E-state index contributed by atoms with van der Waals surface area (Å²) in [6.07, 6.45) is 3.59. The predicted molar refractivity (Wildman–Crippen MR) is 66.5 cm³/mol. The summed E-state index contributed by atoms with van der Waals surface area (Å²) in [4.78, 5) is 4.27. The minimum atomic E-state index is -0.590. The van der Waals surface area contributed by atoms with E-state index in [0.29, 0.717) is 6.42 Å². The Morgan fingerprint density at radius 3 is 2.93 bits per heavy atom. The van der Waals surface area contributed by atoms with E-state index in [1.807, 2.05) is 23.3 Å². The molecular weight excluding hydrogens is 226 g/mol. The maximum atomic E-state index is 10.7. The van der Waals surface area contributed by atoms with Gasteiger partial charge in [0.1, 0.15) is 0 Å². The zero-order chi connectivity index (χ0) is 10.9. The van der Waals surface area contributed by atoms with E-state index in [1.165, 1.54) is 0 Å². The van der Waals surface area contributed by atoms with Crippen molar-refractivity contribution in [3.05, 3.63) is 16.6 Å². The van der Waals surface area contributed by atoms with Gasteiger partial charge >= 0.3 is 0 Å². The van der Waals surface area contributed by atoms with Crippen LogP contribution in [0.25, 0.3) is 0 Å². The van der Waals surface area contributed by atoms with Gasteiger partial charge in [-0.25, -0.2) is 4.98 Å². The summed E-state index contributed by atoms with van der Waals surface area (Å²) in [6.45, 7) is 4.33. The molecule has 1 fully saturated rings. The second-order valence-corrected chi connectivity index (χ2v) is 6.90. The van der Waals surface area contributed by atoms with Gasteiger partial charge in [-0.15, -0.1) is 11.3 Å². The third-order valence-electron chi connectivity index (χ3n) is 3.40. The molecule has 1 aromatic heterocycles. The number of thioether (sulfide) groups is 1. The van der Waals surface area contributed by atoms with E-state index in [0.717, 1.165) is 22.9 Å². The first-order chi connectivity index (χ1) is 7.04. The van der Waals surface area contributed by atoms with Crippen LogP contribution in [0.5, 0.6) is 0 Å². The second-order valence-electron chi connectivity index (χ2n) is 4.82. The molecule has 1 N–H and O–H groups in total. The molecule has 0 spiro atoms. The van der Waals surface area contributed by atoms with Crippen molar-refractivity contribution in [2.45, 2.75) is 32.3 Å². The van der Waals surface area contributed by atoms with Crippen LogP contribution in [-0.2, 0) is 6.42 Å². The lowest BCUT2D eigenvalue weighted by molar-refractivity contribution is -0.0513. The molecule has 0 aromatic carbocycles. The van der Waals surface area contributed by atoms with Crippen LogP contribution in [0, 0.1) is 5.41 Å². The highest BCUT2D eigenvalue weighted by atomic mass is 32.2. The van der Waals surface area contributed by atoms with E-state index in [9.17, 15) is 5.11 Å². The van der Waals surface area contributed by atoms with Crippen molar-refractivity contribution in [1.29, 1.82) is 0 Å². The Kier molecular flexibility index (Phi) is 3.10. The van der Waals surface area contributed by atoms with Crippen LogP contribution in [-0.4, -0.2) is 27.2 Å². The quantitative estimate of drug-likeness (QED) is 0.866. The fourth-order valence-electron chi connectivity index (χ4n) is 1.88. The minimum Gasteiger partial charge on any atom is -0.388 e. The van der Waals surface area contributed by atoms with Crippen LogP contribution < -0.4 is 0 Å². The molecule has 0 amide bonds. The summed E-state index contributed by atoms with van der Waals surface area (Å²) in [5, 5.41) is 13.7. The van der Waals surface area contributed by atoms with Crippen LogP contribution in [0.2, 0.25) is 0 Å². The average Bonchev–Trinajstić information content (AvgIpc) is 2.63. The fraction of sp³-hybridized carbons (Fsp3) is 0.727. The number of rotatable bonds is 2. The van der Waals surface area contributed by atoms with Crippen LogP contribution in [0.4, 0.5) is 0 Å². The molecule has 0 bridgehead atoms. The van der Waals surface area contributed by atoms with Gasteiger partial charge in [-0.05, 0) is 17.6 Å². The Hall–Kier alpha value is -0.0600. The molecule has 1 atom stereocenters. The minimum absolute atomic E-state index is 0.00389. The lowest BCUT2D eigenvalue weighted by atomic mass is 9.72. The number of aliphatic hydroxyl groups is 1. The zero-order valence-corrected chi connectivity index (χ0v) is 10.8. The number of aromatic nitrogens is 1. The first-order valence-electron chi connectivity index (χ1n) is 5.22. The summed E-state index contributed by atoms with van der Waals surface area (Å²) in [5.41, 5.74) is -0.586. The van der Waals surface area contributed by atoms with Gasteiger partial charge in [0.15, 0.2) is 0 Å². The molecule has 1 aliphatic rings. The summed E-state index contributed by atoms with van der Waals surface area (Å²) in [7, 11) is 0. The van der Waals surface area contributed by atoms with E-state index >= 15 is 0 Å². The Balaban J connectivity index is 2.17. The standard InChI is InChI=1S/C11H17NOS2/c1-10(2)3-5-14-8-11(10,13)7-9-12-4-6-15-9/h4,6,13H,3,5,7-8H2,1-2H3. The van der Waals surface area contributed by atoms with Crippen molar-refractivity contribution in [2.75, 3.05) is 11.5 Å². The molecule has 4 heteroatoms. The van der Waals surface area contributed by atoms with Crippen molar-refractivity contribution in [2.24, 2.45) is 5.41 Å². The molecule has 0 radical (unpaired) electrons. The fourth-order valence-corrected chi connectivity index (χ4v) is 4.23. The third-order valence-corrected chi connectivity index (χ3v) is 5.35. The number of hydrogen-bond acceptors (Lipinski definition) is 4. The lowest BCUT2D eigenvalue weighted by Crippen LogP contribution is -2.51. The largest absolute Gasteiger partial charge is 0.388 e. The van der Waals surface area contributed by atoms with Crippen LogP contribution in [0.15, 0.2) is 11.6 Å². The maximum absolute atomic E-state index is 10.7. The predicted octanol–water partition coefficient (Wildman–Crippen LogP) is 2.58. The van der Waals surface area contributed by atoms with Gasteiger partial charge in [0.05, 0.1) is 10.6 Å². The number of thiazole rings is 1. The van der Waals surface area contributed by atoms with Gasteiger partial charge in [-0.1, -0.05) is 13.8 Å². The first-order valence-corrected chi connectivity index (χ1v) is 7.25. The summed E-state index contributed by atoms with van der Waals surface area (Å²) >= 11 is 3.49. The maximum Gasteiger partial charge on any atom is 0.0954 e. The van der Waals surface area contributed by atoms with Crippen molar-refractivity contribution < 1.29 is 5.11 Å². The van der Waals surface area contributed by atoms with Gasteiger partial charge in [-0.3, -0.25) is 0 Å². The Bertz CT molecular complexity index is 323. The first kappa shape index (κ1) is 11.4. The highest BCUT2D eigenvalue weighted by Gasteiger charge is 2.45. The van der Waals surface area contributed by atoms with E-state index in [4.69, 9.17) is 0 Å². The molecule has 2 nitrogen and oxygen atoms in total. The van der Waals surface area contributed by atoms with Gasteiger partial charge in [0, 0.05) is 23.8 Å². The number of nitrogens with zero attached hydrogens (tertiary/aromatic N) is 1. The third kappa shape index (κ3) is 2.22. The molecule has 0 aliphatic carbocycles. The van der Waals surface area contributed by atoms with Gasteiger partial charge < -0.3 is 5.11 Å². The topological polar surface area (TPSA) is 33.1 Å². The highest BCUT2D eigenvalue weighted by Crippen LogP contribution is 2.44. The smallest absolute Gasteiger partial charge is 0.0954 e.